The van der Waals surface area contributed by atoms with Crippen molar-refractivity contribution >= 4 is 11.9 Å². The average molecular weight is 311 g/mol. The largest absolute Gasteiger partial charge is 0.497 e. The number of benzene rings is 2. The Hall–Kier alpha value is -2.82. The topological polar surface area (TPSA) is 66.8 Å². The van der Waals surface area contributed by atoms with Crippen molar-refractivity contribution in [2.45, 2.75) is 12.0 Å². The van der Waals surface area contributed by atoms with E-state index in [9.17, 15) is 14.7 Å². The van der Waals surface area contributed by atoms with Gasteiger partial charge < -0.3 is 14.7 Å². The second-order valence-corrected chi connectivity index (χ2v) is 5.54. The fourth-order valence-electron chi connectivity index (χ4n) is 3.18. The van der Waals surface area contributed by atoms with E-state index in [-0.39, 0.29) is 5.91 Å². The highest BCUT2D eigenvalue weighted by atomic mass is 16.5. The number of rotatable bonds is 3. The average Bonchev–Trinajstić information content (AvgIpc) is 2.57. The number of hydrogen-bond acceptors (Lipinski definition) is 3. The second kappa shape index (κ2) is 5.76. The van der Waals surface area contributed by atoms with E-state index in [1.807, 2.05) is 6.07 Å². The first-order chi connectivity index (χ1) is 11.0. The standard InChI is InChI=1S/C18H17NO4/c1-19-16(11-6-5-7-12(10-11)23-2)15(18(21)22)13-8-3-4-9-14(13)17(19)20/h3-10,15-16H,1-2H3,(H,21,22). The Morgan fingerprint density at radius 1 is 1.17 bits per heavy atom. The van der Waals surface area contributed by atoms with E-state index in [0.717, 1.165) is 5.56 Å². The van der Waals surface area contributed by atoms with Crippen LogP contribution in [0.15, 0.2) is 48.5 Å². The summed E-state index contributed by atoms with van der Waals surface area (Å²) in [4.78, 5) is 26.1. The van der Waals surface area contributed by atoms with Crippen molar-refractivity contribution in [3.05, 3.63) is 65.2 Å². The Balaban J connectivity index is 2.18. The molecule has 3 rings (SSSR count). The summed E-state index contributed by atoms with van der Waals surface area (Å²) in [5, 5.41) is 9.78. The maximum atomic E-state index is 12.6. The fraction of sp³-hybridized carbons (Fsp3) is 0.222. The van der Waals surface area contributed by atoms with Crippen LogP contribution in [0.25, 0.3) is 0 Å². The third kappa shape index (κ3) is 2.44. The Kier molecular flexibility index (Phi) is 3.78. The predicted octanol–water partition coefficient (Wildman–Crippen LogP) is 2.69. The molecule has 1 heterocycles. The molecule has 1 aliphatic heterocycles. The van der Waals surface area contributed by atoms with E-state index < -0.39 is 17.9 Å². The number of hydrogen-bond donors (Lipinski definition) is 1. The van der Waals surface area contributed by atoms with Gasteiger partial charge in [0.25, 0.3) is 5.91 Å². The van der Waals surface area contributed by atoms with Crippen molar-refractivity contribution in [2.24, 2.45) is 0 Å². The Bertz CT molecular complexity index is 771. The molecule has 23 heavy (non-hydrogen) atoms. The zero-order valence-corrected chi connectivity index (χ0v) is 12.9. The summed E-state index contributed by atoms with van der Waals surface area (Å²) in [5.41, 5.74) is 1.74. The van der Waals surface area contributed by atoms with E-state index >= 15 is 0 Å². The van der Waals surface area contributed by atoms with Gasteiger partial charge >= 0.3 is 5.97 Å². The van der Waals surface area contributed by atoms with Gasteiger partial charge in [0, 0.05) is 12.6 Å². The van der Waals surface area contributed by atoms with Crippen molar-refractivity contribution in [3.63, 3.8) is 0 Å². The number of carboxylic acids is 1. The van der Waals surface area contributed by atoms with Gasteiger partial charge in [0.15, 0.2) is 0 Å². The SMILES string of the molecule is COc1cccc(C2C(C(=O)O)c3ccccc3C(=O)N2C)c1. The number of fused-ring (bicyclic) bond motifs is 1. The lowest BCUT2D eigenvalue weighted by atomic mass is 9.80. The van der Waals surface area contributed by atoms with Crippen LogP contribution in [0.5, 0.6) is 5.75 Å². The zero-order valence-electron chi connectivity index (χ0n) is 12.9. The monoisotopic (exact) mass is 311 g/mol. The molecule has 2 aromatic carbocycles. The van der Waals surface area contributed by atoms with Gasteiger partial charge in [-0.2, -0.15) is 0 Å². The molecule has 1 aliphatic rings. The Labute approximate surface area is 134 Å². The van der Waals surface area contributed by atoms with E-state index in [4.69, 9.17) is 4.74 Å². The molecular formula is C18H17NO4. The number of ether oxygens (including phenoxy) is 1. The smallest absolute Gasteiger partial charge is 0.313 e. The molecule has 0 aromatic heterocycles. The molecule has 2 unspecified atom stereocenters. The van der Waals surface area contributed by atoms with E-state index in [1.165, 1.54) is 4.90 Å². The van der Waals surface area contributed by atoms with Gasteiger partial charge in [0.05, 0.1) is 13.2 Å². The van der Waals surface area contributed by atoms with Crippen molar-refractivity contribution in [1.82, 2.24) is 4.90 Å². The summed E-state index contributed by atoms with van der Waals surface area (Å²) < 4.78 is 5.22. The van der Waals surface area contributed by atoms with Gasteiger partial charge in [-0.1, -0.05) is 30.3 Å². The van der Waals surface area contributed by atoms with Crippen LogP contribution in [0.2, 0.25) is 0 Å². The minimum absolute atomic E-state index is 0.175. The van der Waals surface area contributed by atoms with Crippen LogP contribution >= 0.6 is 0 Å². The van der Waals surface area contributed by atoms with Gasteiger partial charge in [0.2, 0.25) is 0 Å². The highest BCUT2D eigenvalue weighted by Crippen LogP contribution is 2.42. The summed E-state index contributed by atoms with van der Waals surface area (Å²) in [6.45, 7) is 0. The normalized spacial score (nSPS) is 20.1. The van der Waals surface area contributed by atoms with Crippen LogP contribution in [0.4, 0.5) is 0 Å². The third-order valence-corrected chi connectivity index (χ3v) is 4.28. The minimum Gasteiger partial charge on any atom is -0.497 e. The van der Waals surface area contributed by atoms with Crippen LogP contribution in [0.3, 0.4) is 0 Å². The van der Waals surface area contributed by atoms with Crippen LogP contribution in [-0.4, -0.2) is 36.0 Å². The predicted molar refractivity (Wildman–Crippen MR) is 84.6 cm³/mol. The fourth-order valence-corrected chi connectivity index (χ4v) is 3.18. The van der Waals surface area contributed by atoms with Crippen molar-refractivity contribution in [1.29, 1.82) is 0 Å². The maximum Gasteiger partial charge on any atom is 0.313 e. The molecule has 0 bridgehead atoms. The van der Waals surface area contributed by atoms with Gasteiger partial charge in [-0.05, 0) is 29.3 Å². The molecule has 0 aliphatic carbocycles. The number of carbonyl (C=O) groups excluding carboxylic acids is 1. The number of aliphatic carboxylic acids is 1. The highest BCUT2D eigenvalue weighted by Gasteiger charge is 2.42. The van der Waals surface area contributed by atoms with Crippen LogP contribution in [-0.2, 0) is 4.79 Å². The molecule has 0 spiro atoms. The minimum atomic E-state index is -0.954. The number of carbonyl (C=O) groups is 2. The molecule has 118 valence electrons. The van der Waals surface area contributed by atoms with Crippen LogP contribution in [0.1, 0.15) is 33.4 Å². The summed E-state index contributed by atoms with van der Waals surface area (Å²) in [6, 6.07) is 13.5. The summed E-state index contributed by atoms with van der Waals surface area (Å²) in [6.07, 6.45) is 0. The maximum absolute atomic E-state index is 12.6. The Morgan fingerprint density at radius 3 is 2.61 bits per heavy atom. The lowest BCUT2D eigenvalue weighted by molar-refractivity contribution is -0.140. The molecule has 1 N–H and O–H groups in total. The van der Waals surface area contributed by atoms with Gasteiger partial charge in [0.1, 0.15) is 11.7 Å². The van der Waals surface area contributed by atoms with E-state index in [1.54, 1.807) is 56.6 Å². The Morgan fingerprint density at radius 2 is 1.91 bits per heavy atom. The van der Waals surface area contributed by atoms with Crippen LogP contribution in [0, 0.1) is 0 Å². The summed E-state index contributed by atoms with van der Waals surface area (Å²) in [5.74, 6) is -1.32. The van der Waals surface area contributed by atoms with Crippen molar-refractivity contribution in [2.75, 3.05) is 14.2 Å². The second-order valence-electron chi connectivity index (χ2n) is 5.54. The van der Waals surface area contributed by atoms with E-state index in [2.05, 4.69) is 0 Å². The first-order valence-corrected chi connectivity index (χ1v) is 7.27. The molecule has 5 nitrogen and oxygen atoms in total. The first-order valence-electron chi connectivity index (χ1n) is 7.27. The summed E-state index contributed by atoms with van der Waals surface area (Å²) >= 11 is 0. The lowest BCUT2D eigenvalue weighted by Crippen LogP contribution is -2.42. The lowest BCUT2D eigenvalue weighted by Gasteiger charge is -2.38. The van der Waals surface area contributed by atoms with Crippen LogP contribution < -0.4 is 4.74 Å². The van der Waals surface area contributed by atoms with Crippen molar-refractivity contribution < 1.29 is 19.4 Å². The molecule has 1 amide bonds. The number of carboxylic acid groups (broad SMARTS) is 1. The quantitative estimate of drug-likeness (QED) is 0.946. The number of methoxy groups -OCH3 is 1. The molecule has 0 radical (unpaired) electrons. The summed E-state index contributed by atoms with van der Waals surface area (Å²) in [7, 11) is 3.19. The number of nitrogens with zero attached hydrogens (tertiary/aromatic N) is 1. The molecule has 2 atom stereocenters. The van der Waals surface area contributed by atoms with Crippen molar-refractivity contribution in [3.8, 4) is 5.75 Å². The highest BCUT2D eigenvalue weighted by molar-refractivity contribution is 6.00. The first kappa shape index (κ1) is 15.1. The molecule has 2 aromatic rings. The van der Waals surface area contributed by atoms with E-state index in [0.29, 0.717) is 16.9 Å². The molecular weight excluding hydrogens is 294 g/mol. The molecule has 0 saturated carbocycles. The number of amides is 1. The molecule has 0 saturated heterocycles. The van der Waals surface area contributed by atoms with Gasteiger partial charge in [-0.15, -0.1) is 0 Å². The zero-order chi connectivity index (χ0) is 16.6. The number of likely N-dealkylation sites (N-methyl/N-ethyl adjacent to an activating group) is 1. The van der Waals surface area contributed by atoms with Gasteiger partial charge in [-0.3, -0.25) is 9.59 Å². The molecule has 5 heteroatoms. The molecule has 0 fully saturated rings. The third-order valence-electron chi connectivity index (χ3n) is 4.28. The van der Waals surface area contributed by atoms with Gasteiger partial charge in [-0.25, -0.2) is 0 Å².